The fourth-order valence-corrected chi connectivity index (χ4v) is 5.55. The molecule has 0 fully saturated rings. The van der Waals surface area contributed by atoms with Crippen LogP contribution in [-0.2, 0) is 24.1 Å². The van der Waals surface area contributed by atoms with E-state index >= 15 is 0 Å². The van der Waals surface area contributed by atoms with E-state index in [0.717, 1.165) is 25.1 Å². The molecule has 0 radical (unpaired) electrons. The third kappa shape index (κ3) is 6.55. The van der Waals surface area contributed by atoms with Crippen molar-refractivity contribution in [3.63, 3.8) is 0 Å². The van der Waals surface area contributed by atoms with Gasteiger partial charge in [-0.3, -0.25) is 0 Å². The predicted octanol–water partition coefficient (Wildman–Crippen LogP) is 5.20. The summed E-state index contributed by atoms with van der Waals surface area (Å²) in [4.78, 5) is 0. The van der Waals surface area contributed by atoms with Crippen molar-refractivity contribution in [2.75, 3.05) is 21.0 Å². The van der Waals surface area contributed by atoms with E-state index in [1.807, 2.05) is 7.05 Å². The zero-order valence-corrected chi connectivity index (χ0v) is 20.9. The largest absolute Gasteiger partial charge is 0.467 e. The molecule has 0 aliphatic heterocycles. The molecule has 0 saturated heterocycles. The fraction of sp³-hybridized carbons (Fsp3) is 0.200. The van der Waals surface area contributed by atoms with E-state index in [9.17, 15) is 0 Å². The van der Waals surface area contributed by atoms with Crippen molar-refractivity contribution in [2.45, 2.75) is 19.4 Å². The van der Waals surface area contributed by atoms with Gasteiger partial charge in [-0.1, -0.05) is 99.6 Å². The molecule has 0 saturated carbocycles. The van der Waals surface area contributed by atoms with Crippen LogP contribution in [0.5, 0.6) is 5.75 Å². The van der Waals surface area contributed by atoms with Crippen LogP contribution in [0, 0.1) is 0 Å². The maximum Gasteiger partial charge on any atom is 0.188 e. The number of benzene rings is 4. The highest BCUT2D eigenvalue weighted by Gasteiger charge is 2.16. The molecule has 34 heavy (non-hydrogen) atoms. The Morgan fingerprint density at radius 2 is 1.32 bits per heavy atom. The van der Waals surface area contributed by atoms with E-state index in [-0.39, 0.29) is 6.79 Å². The van der Waals surface area contributed by atoms with Crippen molar-refractivity contribution in [3.8, 4) is 5.75 Å². The molecule has 0 bridgehead atoms. The first-order valence-electron chi connectivity index (χ1n) is 11.6. The quantitative estimate of drug-likeness (QED) is 0.242. The fourth-order valence-electron chi connectivity index (χ4n) is 4.15. The summed E-state index contributed by atoms with van der Waals surface area (Å²) in [6.07, 6.45) is 1.71. The van der Waals surface area contributed by atoms with E-state index in [1.165, 1.54) is 38.4 Å². The van der Waals surface area contributed by atoms with Crippen LogP contribution in [-0.4, -0.2) is 21.0 Å². The molecule has 3 nitrogen and oxygen atoms in total. The van der Waals surface area contributed by atoms with Crippen LogP contribution in [0.15, 0.2) is 97.1 Å². The van der Waals surface area contributed by atoms with Gasteiger partial charge in [0.05, 0.1) is 0 Å². The Morgan fingerprint density at radius 1 is 0.676 bits per heavy atom. The molecule has 0 aromatic heterocycles. The Balaban J connectivity index is 1.78. The van der Waals surface area contributed by atoms with Gasteiger partial charge < -0.3 is 14.8 Å². The third-order valence-corrected chi connectivity index (χ3v) is 7.09. The Hall–Kier alpha value is -2.97. The highest BCUT2D eigenvalue weighted by molar-refractivity contribution is 7.55. The summed E-state index contributed by atoms with van der Waals surface area (Å²) in [6.45, 7) is 1.08. The van der Waals surface area contributed by atoms with Crippen LogP contribution in [0.25, 0.3) is 0 Å². The normalized spacial score (nSPS) is 11.2. The van der Waals surface area contributed by atoms with E-state index in [1.54, 1.807) is 7.11 Å². The predicted molar refractivity (Wildman–Crippen MR) is 144 cm³/mol. The summed E-state index contributed by atoms with van der Waals surface area (Å²) >= 11 is 0. The lowest BCUT2D eigenvalue weighted by atomic mass is 9.98. The Labute approximate surface area is 204 Å². The summed E-state index contributed by atoms with van der Waals surface area (Å²) in [5.74, 6) is 0.945. The van der Waals surface area contributed by atoms with Crippen molar-refractivity contribution in [1.29, 1.82) is 0 Å². The standard InChI is InChI=1S/C30H32NO2P/c1-31-21-26-15-9-10-16-28(26)34-29-20-25(17-23-11-5-3-6-12-23)19-27(30(29)33-22-32-2)18-24-13-7-4-8-14-24/h3-16,19-20,31,34H,17-18,21-22H2,1-2H3. The lowest BCUT2D eigenvalue weighted by Crippen LogP contribution is -2.18. The molecule has 4 rings (SSSR count). The average Bonchev–Trinajstić information content (AvgIpc) is 2.86. The topological polar surface area (TPSA) is 30.5 Å². The summed E-state index contributed by atoms with van der Waals surface area (Å²) in [6, 6.07) is 34.5. The molecule has 1 unspecified atom stereocenters. The van der Waals surface area contributed by atoms with Crippen LogP contribution in [0.3, 0.4) is 0 Å². The summed E-state index contributed by atoms with van der Waals surface area (Å²) < 4.78 is 11.6. The molecule has 4 aromatic carbocycles. The van der Waals surface area contributed by atoms with Gasteiger partial charge in [-0.2, -0.15) is 0 Å². The van der Waals surface area contributed by atoms with Gasteiger partial charge in [0.15, 0.2) is 6.79 Å². The Kier molecular flexibility index (Phi) is 8.87. The molecule has 1 N–H and O–H groups in total. The molecule has 0 spiro atoms. The first-order chi connectivity index (χ1) is 16.8. The maximum atomic E-state index is 6.24. The van der Waals surface area contributed by atoms with E-state index in [0.29, 0.717) is 8.58 Å². The first-order valence-corrected chi connectivity index (χ1v) is 12.6. The average molecular weight is 470 g/mol. The van der Waals surface area contributed by atoms with Crippen molar-refractivity contribution in [2.24, 2.45) is 0 Å². The molecule has 0 heterocycles. The highest BCUT2D eigenvalue weighted by Crippen LogP contribution is 2.29. The minimum atomic E-state index is 0.232. The van der Waals surface area contributed by atoms with Crippen LogP contribution in [0.4, 0.5) is 0 Å². The van der Waals surface area contributed by atoms with Crippen LogP contribution < -0.4 is 20.7 Å². The molecule has 1 atom stereocenters. The lowest BCUT2D eigenvalue weighted by Gasteiger charge is -2.19. The van der Waals surface area contributed by atoms with Crippen molar-refractivity contribution in [1.82, 2.24) is 5.32 Å². The van der Waals surface area contributed by atoms with E-state index in [4.69, 9.17) is 9.47 Å². The number of ether oxygens (including phenoxy) is 2. The lowest BCUT2D eigenvalue weighted by molar-refractivity contribution is 0.0513. The highest BCUT2D eigenvalue weighted by atomic mass is 31.1. The SMILES string of the molecule is CNCc1ccccc1Pc1cc(Cc2ccccc2)cc(Cc2ccccc2)c1OCOC. The number of nitrogens with one attached hydrogen (secondary N) is 1. The molecule has 0 aliphatic rings. The number of rotatable bonds is 11. The van der Waals surface area contributed by atoms with Gasteiger partial charge in [0, 0.05) is 25.4 Å². The van der Waals surface area contributed by atoms with Crippen LogP contribution >= 0.6 is 8.58 Å². The van der Waals surface area contributed by atoms with Gasteiger partial charge in [0.2, 0.25) is 0 Å². The van der Waals surface area contributed by atoms with Gasteiger partial charge in [-0.05, 0) is 52.7 Å². The van der Waals surface area contributed by atoms with Crippen molar-refractivity contribution >= 4 is 19.2 Å². The Bertz CT molecular complexity index is 1180. The van der Waals surface area contributed by atoms with E-state index < -0.39 is 0 Å². The maximum absolute atomic E-state index is 6.24. The molecular formula is C30H32NO2P. The minimum Gasteiger partial charge on any atom is -0.467 e. The summed E-state index contributed by atoms with van der Waals surface area (Å²) in [7, 11) is 4.15. The van der Waals surface area contributed by atoms with Crippen LogP contribution in [0.1, 0.15) is 27.8 Å². The summed E-state index contributed by atoms with van der Waals surface area (Å²) in [5.41, 5.74) is 6.40. The second kappa shape index (κ2) is 12.5. The first kappa shape index (κ1) is 24.2. The van der Waals surface area contributed by atoms with Gasteiger partial charge in [-0.15, -0.1) is 0 Å². The molecule has 0 aliphatic carbocycles. The zero-order valence-electron chi connectivity index (χ0n) is 19.9. The second-order valence-electron chi connectivity index (χ2n) is 8.32. The van der Waals surface area contributed by atoms with Crippen LogP contribution in [0.2, 0.25) is 0 Å². The molecule has 4 heteroatoms. The third-order valence-electron chi connectivity index (χ3n) is 5.69. The van der Waals surface area contributed by atoms with Gasteiger partial charge in [0.1, 0.15) is 5.75 Å². The number of hydrogen-bond acceptors (Lipinski definition) is 3. The van der Waals surface area contributed by atoms with E-state index in [2.05, 4.69) is 102 Å². The zero-order chi connectivity index (χ0) is 23.6. The van der Waals surface area contributed by atoms with Crippen molar-refractivity contribution in [3.05, 3.63) is 125 Å². The Morgan fingerprint density at radius 3 is 2.00 bits per heavy atom. The number of hydrogen-bond donors (Lipinski definition) is 1. The molecular weight excluding hydrogens is 437 g/mol. The van der Waals surface area contributed by atoms with Gasteiger partial charge in [0.25, 0.3) is 0 Å². The second-order valence-corrected chi connectivity index (χ2v) is 9.65. The monoisotopic (exact) mass is 469 g/mol. The minimum absolute atomic E-state index is 0.232. The van der Waals surface area contributed by atoms with Gasteiger partial charge >= 0.3 is 0 Å². The summed E-state index contributed by atoms with van der Waals surface area (Å²) in [5, 5.41) is 5.86. The smallest absolute Gasteiger partial charge is 0.188 e. The number of methoxy groups -OCH3 is 1. The molecule has 4 aromatic rings. The van der Waals surface area contributed by atoms with Gasteiger partial charge in [-0.25, -0.2) is 0 Å². The van der Waals surface area contributed by atoms with Crippen molar-refractivity contribution < 1.29 is 9.47 Å². The molecule has 0 amide bonds. The molecule has 174 valence electrons.